The summed E-state index contributed by atoms with van der Waals surface area (Å²) in [5, 5.41) is 2.81. The van der Waals surface area contributed by atoms with Gasteiger partial charge in [0.15, 0.2) is 0 Å². The lowest BCUT2D eigenvalue weighted by molar-refractivity contribution is -0.117. The number of urea groups is 1. The number of hydrogen-bond acceptors (Lipinski definition) is 4. The number of amides is 4. The third-order valence-electron chi connectivity index (χ3n) is 5.06. The van der Waals surface area contributed by atoms with Crippen molar-refractivity contribution in [3.05, 3.63) is 58.6 Å². The molecule has 32 heavy (non-hydrogen) atoms. The quantitative estimate of drug-likeness (QED) is 0.717. The number of nitrogens with one attached hydrogen (secondary N) is 1. The van der Waals surface area contributed by atoms with Crippen molar-refractivity contribution in [3.63, 3.8) is 0 Å². The summed E-state index contributed by atoms with van der Waals surface area (Å²) in [6.45, 7) is 5.94. The van der Waals surface area contributed by atoms with Crippen LogP contribution in [0, 0.1) is 0 Å². The second-order valence-electron chi connectivity index (χ2n) is 7.95. The number of para-hydroxylation sites is 1. The molecule has 3 N–H and O–H groups in total. The molecule has 3 rings (SSSR count). The molecule has 4 amide bonds. The van der Waals surface area contributed by atoms with E-state index in [1.54, 1.807) is 28.0 Å². The molecule has 1 atom stereocenters. The Bertz CT molecular complexity index is 1030. The number of hydrogen-bond donors (Lipinski definition) is 2. The largest absolute Gasteiger partial charge is 0.491 e. The number of nitrogens with zero attached hydrogens (tertiary/aromatic N) is 2. The van der Waals surface area contributed by atoms with Crippen molar-refractivity contribution >= 4 is 35.1 Å². The highest BCUT2D eigenvalue weighted by Crippen LogP contribution is 2.31. The normalized spacial score (nSPS) is 15.7. The fourth-order valence-electron chi connectivity index (χ4n) is 3.60. The lowest BCUT2D eigenvalue weighted by Gasteiger charge is -2.29. The van der Waals surface area contributed by atoms with Crippen LogP contribution >= 0.6 is 11.6 Å². The number of primary amides is 1. The van der Waals surface area contributed by atoms with Crippen LogP contribution in [0.3, 0.4) is 0 Å². The second kappa shape index (κ2) is 9.91. The van der Waals surface area contributed by atoms with Gasteiger partial charge in [0.05, 0.1) is 23.2 Å². The van der Waals surface area contributed by atoms with Crippen LogP contribution < -0.4 is 20.7 Å². The summed E-state index contributed by atoms with van der Waals surface area (Å²) in [5.41, 5.74) is 6.99. The Kier molecular flexibility index (Phi) is 7.25. The summed E-state index contributed by atoms with van der Waals surface area (Å²) in [7, 11) is 0. The first kappa shape index (κ1) is 23.4. The summed E-state index contributed by atoms with van der Waals surface area (Å²) >= 11 is 6.44. The number of rotatable bonds is 5. The summed E-state index contributed by atoms with van der Waals surface area (Å²) in [6.07, 6.45) is -0.0161. The van der Waals surface area contributed by atoms with E-state index in [1.165, 1.54) is 0 Å². The van der Waals surface area contributed by atoms with Gasteiger partial charge in [0, 0.05) is 24.8 Å². The van der Waals surface area contributed by atoms with Crippen LogP contribution in [0.2, 0.25) is 5.02 Å². The number of carbonyl (C=O) groups excluding carboxylic acids is 3. The minimum Gasteiger partial charge on any atom is -0.491 e. The number of halogens is 1. The summed E-state index contributed by atoms with van der Waals surface area (Å²) in [6, 6.07) is 11.6. The molecule has 0 unspecified atom stereocenters. The summed E-state index contributed by atoms with van der Waals surface area (Å²) in [4.78, 5) is 40.5. The van der Waals surface area contributed by atoms with Crippen molar-refractivity contribution in [2.45, 2.75) is 39.5 Å². The fourth-order valence-corrected chi connectivity index (χ4v) is 3.85. The topological polar surface area (TPSA) is 105 Å². The molecule has 0 fully saturated rings. The highest BCUT2D eigenvalue weighted by atomic mass is 35.5. The van der Waals surface area contributed by atoms with Gasteiger partial charge in [-0.2, -0.15) is 0 Å². The van der Waals surface area contributed by atoms with E-state index in [2.05, 4.69) is 5.32 Å². The number of ether oxygens (including phenoxy) is 1. The van der Waals surface area contributed by atoms with Crippen molar-refractivity contribution in [1.29, 1.82) is 0 Å². The first-order valence-corrected chi connectivity index (χ1v) is 10.7. The Morgan fingerprint density at radius 2 is 1.94 bits per heavy atom. The van der Waals surface area contributed by atoms with Gasteiger partial charge in [0.2, 0.25) is 5.91 Å². The number of carbonyl (C=O) groups is 3. The van der Waals surface area contributed by atoms with Gasteiger partial charge in [-0.15, -0.1) is 0 Å². The maximum absolute atomic E-state index is 13.5. The van der Waals surface area contributed by atoms with E-state index in [9.17, 15) is 14.4 Å². The molecule has 0 aromatic heterocycles. The van der Waals surface area contributed by atoms with Gasteiger partial charge in [-0.1, -0.05) is 29.8 Å². The average molecular weight is 459 g/mol. The first-order chi connectivity index (χ1) is 15.2. The fraction of sp³-hybridized carbons (Fsp3) is 0.348. The minimum atomic E-state index is -0.627. The Balaban J connectivity index is 1.91. The molecule has 2 aromatic rings. The monoisotopic (exact) mass is 458 g/mol. The van der Waals surface area contributed by atoms with E-state index in [1.807, 2.05) is 45.0 Å². The van der Waals surface area contributed by atoms with Crippen LogP contribution in [-0.4, -0.2) is 48.0 Å². The molecular formula is C23H27ClN4O4. The van der Waals surface area contributed by atoms with E-state index in [4.69, 9.17) is 22.1 Å². The number of benzene rings is 2. The van der Waals surface area contributed by atoms with Gasteiger partial charge >= 0.3 is 6.03 Å². The molecule has 0 radical (unpaired) electrons. The van der Waals surface area contributed by atoms with Crippen LogP contribution in [0.4, 0.5) is 10.5 Å². The highest BCUT2D eigenvalue weighted by molar-refractivity contribution is 6.34. The molecule has 0 saturated carbocycles. The maximum Gasteiger partial charge on any atom is 0.318 e. The molecule has 0 saturated heterocycles. The number of nitrogens with two attached hydrogens (primary N) is 1. The van der Waals surface area contributed by atoms with Crippen LogP contribution in [0.1, 0.15) is 36.7 Å². The lowest BCUT2D eigenvalue weighted by Crippen LogP contribution is -2.49. The van der Waals surface area contributed by atoms with Crippen LogP contribution in [0.15, 0.2) is 42.5 Å². The van der Waals surface area contributed by atoms with Gasteiger partial charge < -0.3 is 25.6 Å². The smallest absolute Gasteiger partial charge is 0.318 e. The molecule has 8 nitrogen and oxygen atoms in total. The Labute approximate surface area is 192 Å². The van der Waals surface area contributed by atoms with Gasteiger partial charge in [-0.25, -0.2) is 4.79 Å². The third-order valence-corrected chi connectivity index (χ3v) is 5.38. The highest BCUT2D eigenvalue weighted by Gasteiger charge is 2.32. The molecule has 1 heterocycles. The second-order valence-corrected chi connectivity index (χ2v) is 8.36. The molecule has 170 valence electrons. The minimum absolute atomic E-state index is 0.0161. The average Bonchev–Trinajstić information content (AvgIpc) is 2.88. The number of fused-ring (bicyclic) bond motifs is 1. The molecule has 0 aliphatic carbocycles. The van der Waals surface area contributed by atoms with Crippen molar-refractivity contribution in [2.75, 3.05) is 18.0 Å². The molecule has 0 bridgehead atoms. The lowest BCUT2D eigenvalue weighted by atomic mass is 10.1. The molecule has 9 heteroatoms. The van der Waals surface area contributed by atoms with E-state index < -0.39 is 11.9 Å². The maximum atomic E-state index is 13.5. The van der Waals surface area contributed by atoms with Gasteiger partial charge in [0.1, 0.15) is 5.75 Å². The Hall–Kier alpha value is -3.26. The van der Waals surface area contributed by atoms with Crippen LogP contribution in [-0.2, 0) is 11.3 Å². The molecule has 1 aliphatic heterocycles. The van der Waals surface area contributed by atoms with Crippen molar-refractivity contribution in [1.82, 2.24) is 10.2 Å². The molecule has 0 spiro atoms. The Morgan fingerprint density at radius 1 is 1.22 bits per heavy atom. The number of anilines is 1. The summed E-state index contributed by atoms with van der Waals surface area (Å²) < 4.78 is 5.66. The zero-order valence-electron chi connectivity index (χ0n) is 18.3. The zero-order valence-corrected chi connectivity index (χ0v) is 19.1. The SMILES string of the molecule is CC(C)Oc1ccc(C(=O)N2C[C@@H](C)N(C(=O)NCC(N)=O)Cc3ccccc32)c(Cl)c1. The van der Waals surface area contributed by atoms with Gasteiger partial charge in [-0.3, -0.25) is 9.59 Å². The van der Waals surface area contributed by atoms with Gasteiger partial charge in [0.25, 0.3) is 5.91 Å². The molecule has 1 aliphatic rings. The predicted molar refractivity (Wildman–Crippen MR) is 123 cm³/mol. The van der Waals surface area contributed by atoms with Gasteiger partial charge in [-0.05, 0) is 50.6 Å². The summed E-state index contributed by atoms with van der Waals surface area (Å²) in [5.74, 6) is -0.314. The van der Waals surface area contributed by atoms with E-state index in [0.717, 1.165) is 5.56 Å². The standard InChI is InChI=1S/C23H27ClN4O4/c1-14(2)32-17-8-9-18(19(24)10-17)22(30)28-12-15(3)27(23(31)26-11-21(25)29)13-16-6-4-5-7-20(16)28/h4-10,14-15H,11-13H2,1-3H3,(H2,25,29)(H,26,31)/t15-/m1/s1. The van der Waals surface area contributed by atoms with Crippen molar-refractivity contribution in [2.24, 2.45) is 5.73 Å². The predicted octanol–water partition coefficient (Wildman–Crippen LogP) is 3.17. The van der Waals surface area contributed by atoms with Crippen LogP contribution in [0.5, 0.6) is 5.75 Å². The Morgan fingerprint density at radius 3 is 2.59 bits per heavy atom. The van der Waals surface area contributed by atoms with E-state index in [-0.39, 0.29) is 37.7 Å². The molecule has 2 aromatic carbocycles. The first-order valence-electron chi connectivity index (χ1n) is 10.4. The van der Waals surface area contributed by atoms with E-state index >= 15 is 0 Å². The van der Waals surface area contributed by atoms with Crippen molar-refractivity contribution in [3.8, 4) is 5.75 Å². The van der Waals surface area contributed by atoms with E-state index in [0.29, 0.717) is 22.0 Å². The zero-order chi connectivity index (χ0) is 23.4. The molecular weight excluding hydrogens is 432 g/mol. The van der Waals surface area contributed by atoms with Crippen LogP contribution in [0.25, 0.3) is 0 Å². The third kappa shape index (κ3) is 5.31. The van der Waals surface area contributed by atoms with Crippen molar-refractivity contribution < 1.29 is 19.1 Å².